The molecule has 0 atom stereocenters. The maximum Gasteiger partial charge on any atom is 0.255 e. The molecule has 5 heteroatoms. The maximum atomic E-state index is 12.5. The van der Waals surface area contributed by atoms with Gasteiger partial charge in [-0.05, 0) is 41.3 Å². The van der Waals surface area contributed by atoms with Gasteiger partial charge in [0.2, 0.25) is 0 Å². The summed E-state index contributed by atoms with van der Waals surface area (Å²) >= 11 is 0. The molecule has 1 aliphatic heterocycles. The normalized spacial score (nSPS) is 13.7. The van der Waals surface area contributed by atoms with E-state index in [1.165, 1.54) is 5.56 Å². The maximum absolute atomic E-state index is 12.5. The van der Waals surface area contributed by atoms with Crippen molar-refractivity contribution in [1.29, 1.82) is 0 Å². The molecular formula is C20H25ClN2O2. The summed E-state index contributed by atoms with van der Waals surface area (Å²) in [6, 6.07) is 13.6. The molecule has 0 radical (unpaired) electrons. The van der Waals surface area contributed by atoms with Gasteiger partial charge in [0.25, 0.3) is 5.91 Å². The third kappa shape index (κ3) is 4.74. The van der Waals surface area contributed by atoms with Gasteiger partial charge in [0.05, 0.1) is 0 Å². The highest BCUT2D eigenvalue weighted by Crippen LogP contribution is 2.25. The van der Waals surface area contributed by atoms with Crippen LogP contribution in [0.15, 0.2) is 42.5 Å². The van der Waals surface area contributed by atoms with Crippen molar-refractivity contribution in [2.45, 2.75) is 32.7 Å². The lowest BCUT2D eigenvalue weighted by atomic mass is 9.87. The van der Waals surface area contributed by atoms with E-state index in [4.69, 9.17) is 4.74 Å². The number of nitrogens with one attached hydrogen (secondary N) is 2. The monoisotopic (exact) mass is 360 g/mol. The number of hydrogen-bond donors (Lipinski definition) is 2. The van der Waals surface area contributed by atoms with E-state index in [1.54, 1.807) is 0 Å². The van der Waals surface area contributed by atoms with Crippen LogP contribution in [0.3, 0.4) is 0 Å². The van der Waals surface area contributed by atoms with E-state index in [2.05, 4.69) is 31.4 Å². The first kappa shape index (κ1) is 19.3. The highest BCUT2D eigenvalue weighted by Gasteiger charge is 2.15. The molecular weight excluding hydrogens is 336 g/mol. The van der Waals surface area contributed by atoms with Crippen LogP contribution in [0.2, 0.25) is 0 Å². The van der Waals surface area contributed by atoms with Crippen LogP contribution < -0.4 is 15.4 Å². The number of hydrogen-bond acceptors (Lipinski definition) is 3. The number of anilines is 1. The zero-order chi connectivity index (χ0) is 17.2. The molecule has 0 aromatic heterocycles. The Morgan fingerprint density at radius 3 is 2.52 bits per heavy atom. The largest absolute Gasteiger partial charge is 0.492 e. The second-order valence-corrected chi connectivity index (χ2v) is 7.13. The van der Waals surface area contributed by atoms with Crippen molar-refractivity contribution in [2.24, 2.45) is 0 Å². The number of carbonyl (C=O) groups excluding carboxylic acids is 1. The van der Waals surface area contributed by atoms with Gasteiger partial charge >= 0.3 is 0 Å². The molecule has 2 aromatic carbocycles. The fraction of sp³-hybridized carbons (Fsp3) is 0.350. The molecule has 0 spiro atoms. The molecule has 1 aliphatic rings. The molecule has 4 nitrogen and oxygen atoms in total. The van der Waals surface area contributed by atoms with Gasteiger partial charge in [-0.2, -0.15) is 0 Å². The number of ether oxygens (including phenoxy) is 1. The molecule has 0 unspecified atom stereocenters. The van der Waals surface area contributed by atoms with E-state index in [1.807, 2.05) is 42.5 Å². The molecule has 0 saturated heterocycles. The van der Waals surface area contributed by atoms with Gasteiger partial charge in [0.1, 0.15) is 12.4 Å². The van der Waals surface area contributed by atoms with Gasteiger partial charge in [0.15, 0.2) is 0 Å². The van der Waals surface area contributed by atoms with Crippen molar-refractivity contribution in [3.05, 3.63) is 59.2 Å². The third-order valence-corrected chi connectivity index (χ3v) is 4.18. The first-order chi connectivity index (χ1) is 11.4. The van der Waals surface area contributed by atoms with E-state index in [-0.39, 0.29) is 23.7 Å². The predicted molar refractivity (Wildman–Crippen MR) is 104 cm³/mol. The van der Waals surface area contributed by atoms with Gasteiger partial charge < -0.3 is 15.4 Å². The summed E-state index contributed by atoms with van der Waals surface area (Å²) in [5, 5.41) is 6.26. The van der Waals surface area contributed by atoms with Crippen LogP contribution in [0.1, 0.15) is 42.3 Å². The first-order valence-corrected chi connectivity index (χ1v) is 8.32. The molecule has 1 amide bonds. The minimum atomic E-state index is -0.0992. The van der Waals surface area contributed by atoms with Gasteiger partial charge in [-0.3, -0.25) is 4.79 Å². The second-order valence-electron chi connectivity index (χ2n) is 7.13. The number of fused-ring (bicyclic) bond motifs is 1. The van der Waals surface area contributed by atoms with Gasteiger partial charge in [-0.1, -0.05) is 32.9 Å². The average molecular weight is 361 g/mol. The zero-order valence-corrected chi connectivity index (χ0v) is 15.7. The molecule has 2 aromatic rings. The van der Waals surface area contributed by atoms with Gasteiger partial charge in [0, 0.05) is 29.9 Å². The molecule has 25 heavy (non-hydrogen) atoms. The molecule has 2 N–H and O–H groups in total. The molecule has 3 rings (SSSR count). The smallest absolute Gasteiger partial charge is 0.255 e. The number of benzene rings is 2. The minimum Gasteiger partial charge on any atom is -0.492 e. The van der Waals surface area contributed by atoms with Crippen molar-refractivity contribution < 1.29 is 9.53 Å². The van der Waals surface area contributed by atoms with Crippen LogP contribution in [0.5, 0.6) is 5.75 Å². The Bertz CT molecular complexity index is 736. The summed E-state index contributed by atoms with van der Waals surface area (Å²) in [6.45, 7) is 8.73. The van der Waals surface area contributed by atoms with Crippen LogP contribution >= 0.6 is 12.4 Å². The highest BCUT2D eigenvalue weighted by atomic mass is 35.5. The van der Waals surface area contributed by atoms with E-state index in [0.717, 1.165) is 30.1 Å². The van der Waals surface area contributed by atoms with Crippen LogP contribution in [0, 0.1) is 0 Å². The Kier molecular flexibility index (Phi) is 6.09. The number of carbonyl (C=O) groups is 1. The van der Waals surface area contributed by atoms with Crippen LogP contribution in [-0.2, 0) is 12.0 Å². The average Bonchev–Trinajstić information content (AvgIpc) is 2.79. The molecule has 134 valence electrons. The highest BCUT2D eigenvalue weighted by molar-refractivity contribution is 6.04. The van der Waals surface area contributed by atoms with E-state index < -0.39 is 0 Å². The summed E-state index contributed by atoms with van der Waals surface area (Å²) in [6.07, 6.45) is 0. The van der Waals surface area contributed by atoms with Crippen molar-refractivity contribution in [3.8, 4) is 5.75 Å². The lowest BCUT2D eigenvalue weighted by Crippen LogP contribution is -2.16. The Hall–Kier alpha value is -2.04. The SMILES string of the molecule is CC(C)(C)c1ccc(C(=O)Nc2ccc3c(c2)CNCCO3)cc1.Cl. The van der Waals surface area contributed by atoms with E-state index >= 15 is 0 Å². The minimum absolute atomic E-state index is 0. The van der Waals surface area contributed by atoms with Gasteiger partial charge in [-0.15, -0.1) is 12.4 Å². The Labute approximate surface area is 155 Å². The Balaban J connectivity index is 0.00000225. The summed E-state index contributed by atoms with van der Waals surface area (Å²) in [4.78, 5) is 12.5. The molecule has 1 heterocycles. The quantitative estimate of drug-likeness (QED) is 0.846. The molecule has 0 saturated carbocycles. The fourth-order valence-corrected chi connectivity index (χ4v) is 2.72. The molecule has 0 bridgehead atoms. The number of halogens is 1. The summed E-state index contributed by atoms with van der Waals surface area (Å²) < 4.78 is 5.66. The van der Waals surface area contributed by atoms with Crippen LogP contribution in [0.25, 0.3) is 0 Å². The van der Waals surface area contributed by atoms with Crippen molar-refractivity contribution in [2.75, 3.05) is 18.5 Å². The van der Waals surface area contributed by atoms with Crippen molar-refractivity contribution in [3.63, 3.8) is 0 Å². The Morgan fingerprint density at radius 2 is 1.84 bits per heavy atom. The fourth-order valence-electron chi connectivity index (χ4n) is 2.72. The number of amides is 1. The topological polar surface area (TPSA) is 50.4 Å². The third-order valence-electron chi connectivity index (χ3n) is 4.18. The van der Waals surface area contributed by atoms with E-state index in [9.17, 15) is 4.79 Å². The van der Waals surface area contributed by atoms with Gasteiger partial charge in [-0.25, -0.2) is 0 Å². The molecule has 0 fully saturated rings. The lowest BCUT2D eigenvalue weighted by Gasteiger charge is -2.19. The van der Waals surface area contributed by atoms with Crippen LogP contribution in [-0.4, -0.2) is 19.1 Å². The first-order valence-electron chi connectivity index (χ1n) is 8.32. The lowest BCUT2D eigenvalue weighted by molar-refractivity contribution is 0.102. The summed E-state index contributed by atoms with van der Waals surface area (Å²) in [7, 11) is 0. The zero-order valence-electron chi connectivity index (χ0n) is 14.9. The predicted octanol–water partition coefficient (Wildman–Crippen LogP) is 4.14. The standard InChI is InChI=1S/C20H24N2O2.ClH/c1-20(2,3)16-6-4-14(5-7-16)19(23)22-17-8-9-18-15(12-17)13-21-10-11-24-18;/h4-9,12,21H,10-11,13H2,1-3H3,(H,22,23);1H. The number of rotatable bonds is 2. The van der Waals surface area contributed by atoms with E-state index in [0.29, 0.717) is 12.2 Å². The summed E-state index contributed by atoms with van der Waals surface area (Å²) in [5.41, 5.74) is 3.80. The Morgan fingerprint density at radius 1 is 1.12 bits per heavy atom. The second kappa shape index (κ2) is 7.89. The van der Waals surface area contributed by atoms with Crippen LogP contribution in [0.4, 0.5) is 5.69 Å². The summed E-state index contributed by atoms with van der Waals surface area (Å²) in [5.74, 6) is 0.783. The van der Waals surface area contributed by atoms with Crippen molar-refractivity contribution >= 4 is 24.0 Å². The van der Waals surface area contributed by atoms with Crippen molar-refractivity contribution in [1.82, 2.24) is 5.32 Å². The molecule has 0 aliphatic carbocycles.